The lowest BCUT2D eigenvalue weighted by Crippen LogP contribution is -2.36. The number of carbonyl (C=O) groups excluding carboxylic acids is 2. The van der Waals surface area contributed by atoms with Gasteiger partial charge in [-0.3, -0.25) is 4.79 Å². The third-order valence-electron chi connectivity index (χ3n) is 5.79. The van der Waals surface area contributed by atoms with Crippen LogP contribution in [0.3, 0.4) is 0 Å². The Morgan fingerprint density at radius 2 is 1.94 bits per heavy atom. The van der Waals surface area contributed by atoms with Crippen molar-refractivity contribution in [2.24, 2.45) is 0 Å². The Hall–Kier alpha value is -2.86. The van der Waals surface area contributed by atoms with Crippen LogP contribution in [0.2, 0.25) is 0 Å². The van der Waals surface area contributed by atoms with Gasteiger partial charge in [-0.15, -0.1) is 11.3 Å². The van der Waals surface area contributed by atoms with E-state index in [2.05, 4.69) is 11.4 Å². The molecule has 0 spiro atoms. The standard InChI is InChI=1S/C25H27NO4S/c1-14(2)30-25(28)22-15(3)26-18-12-16(21-10-7-11-31-21)13-19(27)24(18)23(22)17-8-5-6-9-20(17)29-4/h5-11,14,16,23,26H,12-13H2,1-4H3/t16-,23-/m1/s1. The van der Waals surface area contributed by atoms with Crippen molar-refractivity contribution in [1.29, 1.82) is 0 Å². The molecule has 31 heavy (non-hydrogen) atoms. The van der Waals surface area contributed by atoms with E-state index in [0.717, 1.165) is 23.4 Å². The van der Waals surface area contributed by atoms with Crippen molar-refractivity contribution >= 4 is 23.1 Å². The van der Waals surface area contributed by atoms with E-state index < -0.39 is 11.9 Å². The van der Waals surface area contributed by atoms with E-state index in [0.29, 0.717) is 23.3 Å². The number of methoxy groups -OCH3 is 1. The molecule has 162 valence electrons. The van der Waals surface area contributed by atoms with Crippen LogP contribution in [0.25, 0.3) is 0 Å². The largest absolute Gasteiger partial charge is 0.496 e. The average molecular weight is 438 g/mol. The van der Waals surface area contributed by atoms with Crippen LogP contribution in [-0.2, 0) is 14.3 Å². The average Bonchev–Trinajstić information content (AvgIpc) is 3.27. The molecule has 2 heterocycles. The number of carbonyl (C=O) groups is 2. The topological polar surface area (TPSA) is 64.6 Å². The maximum absolute atomic E-state index is 13.5. The molecule has 1 N–H and O–H groups in total. The Bertz CT molecular complexity index is 1060. The molecule has 0 saturated carbocycles. The number of thiophene rings is 1. The van der Waals surface area contributed by atoms with Crippen molar-refractivity contribution < 1.29 is 19.1 Å². The first-order chi connectivity index (χ1) is 14.9. The summed E-state index contributed by atoms with van der Waals surface area (Å²) in [5.41, 5.74) is 3.54. The summed E-state index contributed by atoms with van der Waals surface area (Å²) in [5.74, 6) is -0.0670. The van der Waals surface area contributed by atoms with Gasteiger partial charge in [-0.05, 0) is 44.7 Å². The molecule has 4 rings (SSSR count). The molecule has 5 nitrogen and oxygen atoms in total. The maximum atomic E-state index is 13.5. The van der Waals surface area contributed by atoms with Gasteiger partial charge in [-0.2, -0.15) is 0 Å². The van der Waals surface area contributed by atoms with Crippen LogP contribution >= 0.6 is 11.3 Å². The van der Waals surface area contributed by atoms with E-state index >= 15 is 0 Å². The number of benzene rings is 1. The molecule has 0 fully saturated rings. The number of Topliss-reactive ketones (excluding diaryl/α,β-unsaturated/α-hetero) is 1. The van der Waals surface area contributed by atoms with Gasteiger partial charge in [-0.1, -0.05) is 24.3 Å². The fourth-order valence-electron chi connectivity index (χ4n) is 4.53. The molecule has 6 heteroatoms. The van der Waals surface area contributed by atoms with Crippen molar-refractivity contribution in [2.75, 3.05) is 7.11 Å². The van der Waals surface area contributed by atoms with E-state index in [9.17, 15) is 9.59 Å². The molecule has 0 amide bonds. The zero-order valence-corrected chi connectivity index (χ0v) is 19.0. The molecule has 1 aliphatic carbocycles. The number of ketones is 1. The molecule has 2 aromatic rings. The van der Waals surface area contributed by atoms with Crippen molar-refractivity contribution in [1.82, 2.24) is 5.32 Å². The van der Waals surface area contributed by atoms with Crippen LogP contribution in [0.5, 0.6) is 5.75 Å². The maximum Gasteiger partial charge on any atom is 0.337 e. The smallest absolute Gasteiger partial charge is 0.337 e. The normalized spacial score (nSPS) is 21.1. The molecule has 2 atom stereocenters. The van der Waals surface area contributed by atoms with E-state index in [1.165, 1.54) is 4.88 Å². The monoisotopic (exact) mass is 437 g/mol. The van der Waals surface area contributed by atoms with E-state index in [4.69, 9.17) is 9.47 Å². The van der Waals surface area contributed by atoms with Gasteiger partial charge in [0.05, 0.1) is 24.7 Å². The summed E-state index contributed by atoms with van der Waals surface area (Å²) in [6, 6.07) is 11.7. The van der Waals surface area contributed by atoms with Gasteiger partial charge in [0.2, 0.25) is 0 Å². The highest BCUT2D eigenvalue weighted by Gasteiger charge is 2.42. The number of allylic oxidation sites excluding steroid dienone is 3. The zero-order chi connectivity index (χ0) is 22.1. The molecule has 0 unspecified atom stereocenters. The van der Waals surface area contributed by atoms with Gasteiger partial charge in [0.25, 0.3) is 0 Å². The lowest BCUT2D eigenvalue weighted by Gasteiger charge is -2.37. The Kier molecular flexibility index (Phi) is 6.01. The first-order valence-electron chi connectivity index (χ1n) is 10.5. The number of rotatable bonds is 5. The first kappa shape index (κ1) is 21.4. The van der Waals surface area contributed by atoms with E-state index in [1.807, 2.05) is 56.5 Å². The Labute approximate surface area is 186 Å². The third-order valence-corrected chi connectivity index (χ3v) is 6.82. The number of hydrogen-bond acceptors (Lipinski definition) is 6. The molecule has 2 aliphatic rings. The van der Waals surface area contributed by atoms with E-state index in [-0.39, 0.29) is 17.8 Å². The summed E-state index contributed by atoms with van der Waals surface area (Å²) in [7, 11) is 1.60. The van der Waals surface area contributed by atoms with Gasteiger partial charge in [0, 0.05) is 39.7 Å². The summed E-state index contributed by atoms with van der Waals surface area (Å²) < 4.78 is 11.2. The number of nitrogens with one attached hydrogen (secondary N) is 1. The van der Waals surface area contributed by atoms with Crippen LogP contribution in [0.15, 0.2) is 64.3 Å². The Morgan fingerprint density at radius 3 is 2.61 bits per heavy atom. The fraction of sp³-hybridized carbons (Fsp3) is 0.360. The van der Waals surface area contributed by atoms with Crippen LogP contribution in [0.4, 0.5) is 0 Å². The van der Waals surface area contributed by atoms with Crippen molar-refractivity contribution in [3.63, 3.8) is 0 Å². The van der Waals surface area contributed by atoms with Gasteiger partial charge in [-0.25, -0.2) is 4.79 Å². The third kappa shape index (κ3) is 4.04. The predicted octanol–water partition coefficient (Wildman–Crippen LogP) is 5.07. The second kappa shape index (κ2) is 8.71. The molecular formula is C25H27NO4S. The van der Waals surface area contributed by atoms with Crippen molar-refractivity contribution in [3.05, 3.63) is 74.8 Å². The van der Waals surface area contributed by atoms with Gasteiger partial charge >= 0.3 is 5.97 Å². The highest BCUT2D eigenvalue weighted by molar-refractivity contribution is 7.10. The van der Waals surface area contributed by atoms with Gasteiger partial charge in [0.15, 0.2) is 5.78 Å². The van der Waals surface area contributed by atoms with Crippen molar-refractivity contribution in [3.8, 4) is 5.75 Å². The Morgan fingerprint density at radius 1 is 1.16 bits per heavy atom. The molecule has 0 bridgehead atoms. The molecule has 1 aliphatic heterocycles. The van der Waals surface area contributed by atoms with Crippen LogP contribution < -0.4 is 10.1 Å². The van der Waals surface area contributed by atoms with Crippen molar-refractivity contribution in [2.45, 2.75) is 51.6 Å². The highest BCUT2D eigenvalue weighted by Crippen LogP contribution is 2.48. The fourth-order valence-corrected chi connectivity index (χ4v) is 5.36. The zero-order valence-electron chi connectivity index (χ0n) is 18.2. The lowest BCUT2D eigenvalue weighted by molar-refractivity contribution is -0.143. The number of ether oxygens (including phenoxy) is 2. The number of esters is 1. The molecule has 1 aromatic heterocycles. The second-order valence-electron chi connectivity index (χ2n) is 8.23. The minimum atomic E-state index is -0.518. The number of para-hydroxylation sites is 1. The van der Waals surface area contributed by atoms with Crippen LogP contribution in [0.1, 0.15) is 55.9 Å². The number of dihydropyridines is 1. The summed E-state index contributed by atoms with van der Waals surface area (Å²) in [6.07, 6.45) is 0.904. The lowest BCUT2D eigenvalue weighted by atomic mass is 9.72. The molecule has 1 aromatic carbocycles. The summed E-state index contributed by atoms with van der Waals surface area (Å²) in [4.78, 5) is 27.9. The predicted molar refractivity (Wildman–Crippen MR) is 121 cm³/mol. The molecular weight excluding hydrogens is 410 g/mol. The minimum Gasteiger partial charge on any atom is -0.496 e. The summed E-state index contributed by atoms with van der Waals surface area (Å²) in [6.45, 7) is 5.52. The quantitative estimate of drug-likeness (QED) is 0.662. The summed E-state index contributed by atoms with van der Waals surface area (Å²) in [5, 5.41) is 5.43. The van der Waals surface area contributed by atoms with Crippen LogP contribution in [-0.4, -0.2) is 25.0 Å². The SMILES string of the molecule is COc1ccccc1[C@@H]1C(C(=O)OC(C)C)=C(C)NC2=C1C(=O)C[C@H](c1cccs1)C2. The molecule has 0 radical (unpaired) electrons. The van der Waals surface area contributed by atoms with Gasteiger partial charge < -0.3 is 14.8 Å². The highest BCUT2D eigenvalue weighted by atomic mass is 32.1. The Balaban J connectivity index is 1.84. The van der Waals surface area contributed by atoms with Crippen LogP contribution in [0, 0.1) is 0 Å². The van der Waals surface area contributed by atoms with E-state index in [1.54, 1.807) is 18.4 Å². The molecule has 0 saturated heterocycles. The summed E-state index contributed by atoms with van der Waals surface area (Å²) >= 11 is 1.68. The van der Waals surface area contributed by atoms with Gasteiger partial charge in [0.1, 0.15) is 5.75 Å². The first-order valence-corrected chi connectivity index (χ1v) is 11.4. The minimum absolute atomic E-state index is 0.0606. The second-order valence-corrected chi connectivity index (χ2v) is 9.21. The number of hydrogen-bond donors (Lipinski definition) is 1.